The first-order valence-electron chi connectivity index (χ1n) is 7.89. The fourth-order valence-corrected chi connectivity index (χ4v) is 3.68. The lowest BCUT2D eigenvalue weighted by Gasteiger charge is -2.43. The van der Waals surface area contributed by atoms with Crippen molar-refractivity contribution >= 4 is 28.2 Å². The Morgan fingerprint density at radius 2 is 1.92 bits per heavy atom. The number of nitrogens with zero attached hydrogens (tertiary/aromatic N) is 2. The van der Waals surface area contributed by atoms with Gasteiger partial charge in [-0.05, 0) is 26.0 Å². The number of amides is 1. The number of benzene rings is 2. The van der Waals surface area contributed by atoms with Gasteiger partial charge in [0.05, 0.1) is 21.7 Å². The second-order valence-electron chi connectivity index (χ2n) is 6.40. The van der Waals surface area contributed by atoms with Crippen LogP contribution in [0.2, 0.25) is 0 Å². The molecule has 0 aliphatic carbocycles. The Labute approximate surface area is 139 Å². The molecule has 7 heteroatoms. The van der Waals surface area contributed by atoms with E-state index in [1.807, 2.05) is 13.8 Å². The minimum Gasteiger partial charge on any atom is -0.435 e. The molecule has 2 aromatic rings. The maximum absolute atomic E-state index is 12.3. The summed E-state index contributed by atoms with van der Waals surface area (Å²) in [4.78, 5) is 23.2. The van der Waals surface area contributed by atoms with Gasteiger partial charge < -0.3 is 10.4 Å². The van der Waals surface area contributed by atoms with Gasteiger partial charge in [-0.3, -0.25) is 10.1 Å². The van der Waals surface area contributed by atoms with Crippen LogP contribution in [0, 0.1) is 10.1 Å². The topological polar surface area (TPSA) is 92.5 Å². The van der Waals surface area contributed by atoms with E-state index < -0.39 is 11.0 Å². The number of nitro benzene ring substituents is 1. The standard InChI is InChI=1S/C17H19N3O4/c1-11-10-20(17(21)22,12(2)9-18-11)16-8-7-15(19(23)24)13-5-3-4-6-14(13)16/h3-8,11-12,18H,9-10H2,1-2H3/p+1/t11-,12+,20?/m0/s1. The third kappa shape index (κ3) is 2.33. The van der Waals surface area contributed by atoms with Crippen LogP contribution in [0.3, 0.4) is 0 Å². The molecule has 0 bridgehead atoms. The molecule has 2 aromatic carbocycles. The van der Waals surface area contributed by atoms with E-state index in [1.54, 1.807) is 30.3 Å². The van der Waals surface area contributed by atoms with Crippen LogP contribution in [0.25, 0.3) is 10.8 Å². The largest absolute Gasteiger partial charge is 0.519 e. The summed E-state index contributed by atoms with van der Waals surface area (Å²) < 4.78 is -0.229. The summed E-state index contributed by atoms with van der Waals surface area (Å²) in [6.07, 6.45) is -0.935. The van der Waals surface area contributed by atoms with E-state index >= 15 is 0 Å². The molecule has 0 radical (unpaired) electrons. The number of piperazine rings is 1. The first kappa shape index (κ1) is 16.4. The molecule has 1 aliphatic heterocycles. The van der Waals surface area contributed by atoms with Crippen LogP contribution in [0.15, 0.2) is 36.4 Å². The zero-order valence-electron chi connectivity index (χ0n) is 13.6. The number of non-ortho nitro benzene ring substituents is 1. The van der Waals surface area contributed by atoms with E-state index in [-0.39, 0.29) is 22.3 Å². The molecule has 1 unspecified atom stereocenters. The van der Waals surface area contributed by atoms with Gasteiger partial charge in [-0.1, -0.05) is 12.1 Å². The summed E-state index contributed by atoms with van der Waals surface area (Å²) in [6, 6.07) is 9.81. The van der Waals surface area contributed by atoms with Crippen molar-refractivity contribution in [2.75, 3.05) is 13.1 Å². The lowest BCUT2D eigenvalue weighted by molar-refractivity contribution is -0.383. The molecule has 0 spiro atoms. The highest BCUT2D eigenvalue weighted by Gasteiger charge is 2.49. The molecule has 24 heavy (non-hydrogen) atoms. The molecule has 0 aromatic heterocycles. The summed E-state index contributed by atoms with van der Waals surface area (Å²) >= 11 is 0. The molecule has 1 heterocycles. The molecule has 0 saturated carbocycles. The summed E-state index contributed by atoms with van der Waals surface area (Å²) in [5.41, 5.74) is 0.596. The van der Waals surface area contributed by atoms with Crippen LogP contribution in [0.4, 0.5) is 16.2 Å². The Bertz CT molecular complexity index is 823. The summed E-state index contributed by atoms with van der Waals surface area (Å²) in [5, 5.41) is 25.8. The van der Waals surface area contributed by atoms with Gasteiger partial charge in [0.25, 0.3) is 5.69 Å². The Kier molecular flexibility index (Phi) is 3.98. The van der Waals surface area contributed by atoms with Crippen LogP contribution in [-0.2, 0) is 0 Å². The zero-order chi connectivity index (χ0) is 17.5. The Morgan fingerprint density at radius 1 is 1.25 bits per heavy atom. The predicted molar refractivity (Wildman–Crippen MR) is 92.2 cm³/mol. The Morgan fingerprint density at radius 3 is 2.54 bits per heavy atom. The number of nitro groups is 1. The number of carboxylic acid groups (broad SMARTS) is 1. The van der Waals surface area contributed by atoms with Crippen LogP contribution >= 0.6 is 0 Å². The third-order valence-corrected chi connectivity index (χ3v) is 4.92. The van der Waals surface area contributed by atoms with Gasteiger partial charge in [-0.2, -0.15) is 9.28 Å². The predicted octanol–water partition coefficient (Wildman–Crippen LogP) is 3.11. The highest BCUT2D eigenvalue weighted by molar-refractivity contribution is 6.03. The van der Waals surface area contributed by atoms with E-state index in [4.69, 9.17) is 0 Å². The number of rotatable bonds is 2. The molecule has 1 amide bonds. The molecular formula is C17H20N3O4+. The van der Waals surface area contributed by atoms with Crippen molar-refractivity contribution in [3.8, 4) is 0 Å². The number of hydrogen-bond donors (Lipinski definition) is 2. The molecule has 1 saturated heterocycles. The van der Waals surface area contributed by atoms with Crippen LogP contribution in [0.1, 0.15) is 13.8 Å². The first-order valence-corrected chi connectivity index (χ1v) is 7.89. The van der Waals surface area contributed by atoms with E-state index in [2.05, 4.69) is 5.32 Å². The summed E-state index contributed by atoms with van der Waals surface area (Å²) in [5.74, 6) is 0. The van der Waals surface area contributed by atoms with E-state index in [9.17, 15) is 20.0 Å². The van der Waals surface area contributed by atoms with Gasteiger partial charge >= 0.3 is 6.09 Å². The van der Waals surface area contributed by atoms with Crippen molar-refractivity contribution in [2.45, 2.75) is 25.9 Å². The zero-order valence-corrected chi connectivity index (χ0v) is 13.6. The van der Waals surface area contributed by atoms with Crippen molar-refractivity contribution in [1.82, 2.24) is 9.80 Å². The minimum atomic E-state index is -0.935. The average Bonchev–Trinajstić information content (AvgIpc) is 2.55. The van der Waals surface area contributed by atoms with Crippen LogP contribution < -0.4 is 9.80 Å². The normalized spacial score (nSPS) is 27.1. The monoisotopic (exact) mass is 330 g/mol. The van der Waals surface area contributed by atoms with Crippen molar-refractivity contribution in [3.63, 3.8) is 0 Å². The SMILES string of the molecule is C[C@@H]1CN[C@@H](C)C[N+]1(C(=O)O)c1ccc([N+](=O)[O-])c2ccccc12. The fourth-order valence-electron chi connectivity index (χ4n) is 3.68. The molecular weight excluding hydrogens is 310 g/mol. The second-order valence-corrected chi connectivity index (χ2v) is 6.40. The van der Waals surface area contributed by atoms with Crippen LogP contribution in [-0.4, -0.2) is 41.3 Å². The summed E-state index contributed by atoms with van der Waals surface area (Å²) in [7, 11) is 0. The molecule has 3 rings (SSSR count). The lowest BCUT2D eigenvalue weighted by Crippen LogP contribution is -2.70. The van der Waals surface area contributed by atoms with Gasteiger partial charge in [0.15, 0.2) is 5.69 Å². The molecule has 2 N–H and O–H groups in total. The van der Waals surface area contributed by atoms with E-state index in [1.165, 1.54) is 6.07 Å². The maximum Gasteiger partial charge on any atom is 0.519 e. The number of hydrogen-bond acceptors (Lipinski definition) is 4. The maximum atomic E-state index is 12.3. The smallest absolute Gasteiger partial charge is 0.435 e. The van der Waals surface area contributed by atoms with Gasteiger partial charge in [0.1, 0.15) is 12.6 Å². The third-order valence-electron chi connectivity index (χ3n) is 4.92. The second kappa shape index (κ2) is 5.85. The highest BCUT2D eigenvalue weighted by Crippen LogP contribution is 2.39. The Balaban J connectivity index is 2.33. The molecule has 1 aliphatic rings. The average molecular weight is 330 g/mol. The van der Waals surface area contributed by atoms with Crippen molar-refractivity contribution in [1.29, 1.82) is 0 Å². The number of nitrogens with one attached hydrogen (secondary N) is 1. The summed E-state index contributed by atoms with van der Waals surface area (Å²) in [6.45, 7) is 4.80. The fraction of sp³-hybridized carbons (Fsp3) is 0.353. The molecule has 7 nitrogen and oxygen atoms in total. The lowest BCUT2D eigenvalue weighted by atomic mass is 10.00. The molecule has 3 atom stereocenters. The first-order chi connectivity index (χ1) is 11.4. The van der Waals surface area contributed by atoms with Crippen molar-refractivity contribution in [3.05, 3.63) is 46.5 Å². The highest BCUT2D eigenvalue weighted by atomic mass is 16.6. The molecule has 1 fully saturated rings. The quantitative estimate of drug-likeness (QED) is 0.501. The Hall–Kier alpha value is -2.51. The number of fused-ring (bicyclic) bond motifs is 1. The van der Waals surface area contributed by atoms with Crippen molar-refractivity contribution < 1.29 is 14.8 Å². The molecule has 126 valence electrons. The van der Waals surface area contributed by atoms with Gasteiger partial charge in [0, 0.05) is 18.7 Å². The minimum absolute atomic E-state index is 0.00581. The van der Waals surface area contributed by atoms with Gasteiger partial charge in [-0.25, -0.2) is 0 Å². The van der Waals surface area contributed by atoms with Gasteiger partial charge in [-0.15, -0.1) is 0 Å². The number of carbonyl (C=O) groups is 1. The van der Waals surface area contributed by atoms with Gasteiger partial charge in [0.2, 0.25) is 0 Å². The van der Waals surface area contributed by atoms with E-state index in [0.29, 0.717) is 29.5 Å². The van der Waals surface area contributed by atoms with E-state index in [0.717, 1.165) is 0 Å². The van der Waals surface area contributed by atoms with Crippen molar-refractivity contribution in [2.24, 2.45) is 0 Å². The van der Waals surface area contributed by atoms with Crippen LogP contribution in [0.5, 0.6) is 0 Å². The number of quaternary nitrogens is 1.